The summed E-state index contributed by atoms with van der Waals surface area (Å²) < 4.78 is 5.82. The van der Waals surface area contributed by atoms with E-state index in [4.69, 9.17) is 17.0 Å². The Morgan fingerprint density at radius 3 is 2.53 bits per heavy atom. The maximum Gasteiger partial charge on any atom is 0.257 e. The maximum atomic E-state index is 12.6. The summed E-state index contributed by atoms with van der Waals surface area (Å²) in [6.45, 7) is 4.65. The van der Waals surface area contributed by atoms with Crippen molar-refractivity contribution < 1.29 is 9.53 Å². The van der Waals surface area contributed by atoms with Gasteiger partial charge in [-0.3, -0.25) is 10.1 Å². The molecule has 30 heavy (non-hydrogen) atoms. The zero-order valence-electron chi connectivity index (χ0n) is 17.3. The Bertz CT molecular complexity index is 1020. The number of para-hydroxylation sites is 1. The van der Waals surface area contributed by atoms with Crippen molar-refractivity contribution in [1.82, 2.24) is 5.32 Å². The fourth-order valence-electron chi connectivity index (χ4n) is 3.18. The summed E-state index contributed by atoms with van der Waals surface area (Å²) in [5.74, 6) is 0.386. The monoisotopic (exact) mass is 418 g/mol. The Morgan fingerprint density at radius 2 is 1.77 bits per heavy atom. The van der Waals surface area contributed by atoms with Crippen LogP contribution >= 0.6 is 12.2 Å². The van der Waals surface area contributed by atoms with Crippen LogP contribution in [0.3, 0.4) is 0 Å². The van der Waals surface area contributed by atoms with Gasteiger partial charge in [0, 0.05) is 17.7 Å². The van der Waals surface area contributed by atoms with Crippen LogP contribution < -0.4 is 15.4 Å². The molecule has 3 rings (SSSR count). The molecule has 4 nitrogen and oxygen atoms in total. The molecule has 0 spiro atoms. The van der Waals surface area contributed by atoms with Crippen molar-refractivity contribution in [3.8, 4) is 5.75 Å². The number of nitrogens with one attached hydrogen (secondary N) is 2. The van der Waals surface area contributed by atoms with E-state index < -0.39 is 0 Å². The van der Waals surface area contributed by atoms with E-state index in [-0.39, 0.29) is 11.0 Å². The minimum atomic E-state index is -0.271. The van der Waals surface area contributed by atoms with Crippen molar-refractivity contribution in [1.29, 1.82) is 0 Å². The Morgan fingerprint density at radius 1 is 1.00 bits per heavy atom. The van der Waals surface area contributed by atoms with Crippen LogP contribution in [0.1, 0.15) is 34.0 Å². The molecule has 0 heterocycles. The molecule has 0 aliphatic heterocycles. The van der Waals surface area contributed by atoms with Crippen molar-refractivity contribution in [2.45, 2.75) is 26.7 Å². The van der Waals surface area contributed by atoms with Crippen LogP contribution in [-0.2, 0) is 12.8 Å². The number of anilines is 1. The molecular formula is C25H26N2O2S. The van der Waals surface area contributed by atoms with E-state index in [0.29, 0.717) is 17.9 Å². The van der Waals surface area contributed by atoms with Crippen molar-refractivity contribution >= 4 is 28.9 Å². The predicted molar refractivity (Wildman–Crippen MR) is 126 cm³/mol. The van der Waals surface area contributed by atoms with E-state index >= 15 is 0 Å². The second-order valence-corrected chi connectivity index (χ2v) is 7.39. The van der Waals surface area contributed by atoms with Gasteiger partial charge in [-0.1, -0.05) is 61.5 Å². The third kappa shape index (κ3) is 5.91. The molecule has 0 unspecified atom stereocenters. The molecule has 0 atom stereocenters. The molecule has 3 aromatic carbocycles. The second kappa shape index (κ2) is 10.6. The van der Waals surface area contributed by atoms with Crippen molar-refractivity contribution in [3.05, 3.63) is 95.1 Å². The lowest BCUT2D eigenvalue weighted by molar-refractivity contribution is 0.0977. The van der Waals surface area contributed by atoms with Gasteiger partial charge in [-0.05, 0) is 60.5 Å². The Kier molecular flexibility index (Phi) is 7.57. The van der Waals surface area contributed by atoms with Crippen LogP contribution in [0.2, 0.25) is 0 Å². The quantitative estimate of drug-likeness (QED) is 0.511. The van der Waals surface area contributed by atoms with Gasteiger partial charge in [0.2, 0.25) is 0 Å². The lowest BCUT2D eigenvalue weighted by atomic mass is 10.1. The molecule has 0 saturated carbocycles. The lowest BCUT2D eigenvalue weighted by Crippen LogP contribution is -2.34. The van der Waals surface area contributed by atoms with Crippen LogP contribution in [0.5, 0.6) is 5.75 Å². The average molecular weight is 419 g/mol. The zero-order valence-corrected chi connectivity index (χ0v) is 18.1. The summed E-state index contributed by atoms with van der Waals surface area (Å²) in [6, 6.07) is 23.4. The number of hydrogen-bond acceptors (Lipinski definition) is 3. The Labute approximate surface area is 183 Å². The third-order valence-electron chi connectivity index (χ3n) is 4.80. The van der Waals surface area contributed by atoms with Gasteiger partial charge in [-0.15, -0.1) is 0 Å². The highest BCUT2D eigenvalue weighted by Crippen LogP contribution is 2.21. The highest BCUT2D eigenvalue weighted by molar-refractivity contribution is 7.80. The molecule has 154 valence electrons. The van der Waals surface area contributed by atoms with Gasteiger partial charge in [-0.25, -0.2) is 0 Å². The predicted octanol–water partition coefficient (Wildman–Crippen LogP) is 5.31. The molecule has 3 aromatic rings. The van der Waals surface area contributed by atoms with E-state index in [9.17, 15) is 4.79 Å². The highest BCUT2D eigenvalue weighted by atomic mass is 32.1. The molecule has 0 aliphatic rings. The summed E-state index contributed by atoms with van der Waals surface area (Å²) >= 11 is 5.36. The average Bonchev–Trinajstić information content (AvgIpc) is 2.76. The van der Waals surface area contributed by atoms with Crippen LogP contribution in [-0.4, -0.2) is 17.6 Å². The van der Waals surface area contributed by atoms with Gasteiger partial charge < -0.3 is 10.1 Å². The fraction of sp³-hybridized carbons (Fsp3) is 0.200. The highest BCUT2D eigenvalue weighted by Gasteiger charge is 2.11. The number of thiocarbonyl (C=S) groups is 1. The summed E-state index contributed by atoms with van der Waals surface area (Å²) in [5, 5.41) is 6.20. The van der Waals surface area contributed by atoms with Crippen molar-refractivity contribution in [2.24, 2.45) is 0 Å². The van der Waals surface area contributed by atoms with E-state index in [1.54, 1.807) is 18.2 Å². The third-order valence-corrected chi connectivity index (χ3v) is 5.01. The fourth-order valence-corrected chi connectivity index (χ4v) is 3.38. The molecule has 1 amide bonds. The first kappa shape index (κ1) is 21.5. The number of carbonyl (C=O) groups excluding carboxylic acids is 1. The largest absolute Gasteiger partial charge is 0.493 e. The summed E-state index contributed by atoms with van der Waals surface area (Å²) in [6.07, 6.45) is 1.68. The van der Waals surface area contributed by atoms with Gasteiger partial charge in [0.1, 0.15) is 5.75 Å². The molecule has 0 bridgehead atoms. The van der Waals surface area contributed by atoms with E-state index in [2.05, 4.69) is 35.8 Å². The first-order chi connectivity index (χ1) is 14.6. The second-order valence-electron chi connectivity index (χ2n) is 6.98. The number of carbonyl (C=O) groups is 1. The molecule has 0 aliphatic carbocycles. The van der Waals surface area contributed by atoms with Gasteiger partial charge in [0.15, 0.2) is 5.11 Å². The van der Waals surface area contributed by atoms with Crippen LogP contribution in [0.15, 0.2) is 72.8 Å². The first-order valence-electron chi connectivity index (χ1n) is 10.0. The normalized spacial score (nSPS) is 10.3. The molecule has 2 N–H and O–H groups in total. The minimum absolute atomic E-state index is 0.271. The SMILES string of the molecule is CCc1cccc(C)c1NC(=S)NC(=O)c1cccc(OCCc2ccccc2)c1. The zero-order chi connectivity index (χ0) is 21.3. The van der Waals surface area contributed by atoms with Crippen LogP contribution in [0.25, 0.3) is 0 Å². The standard InChI is InChI=1S/C25H26N2O2S/c1-3-20-12-7-9-18(2)23(20)26-25(30)27-24(28)21-13-8-14-22(17-21)29-16-15-19-10-5-4-6-11-19/h4-14,17H,3,15-16H2,1-2H3,(H2,26,27,28,30). The van der Waals surface area contributed by atoms with Gasteiger partial charge in [0.25, 0.3) is 5.91 Å². The number of aryl methyl sites for hydroxylation is 2. The van der Waals surface area contributed by atoms with E-state index in [1.165, 1.54) is 5.56 Å². The first-order valence-corrected chi connectivity index (χ1v) is 10.4. The smallest absolute Gasteiger partial charge is 0.257 e. The number of benzene rings is 3. The molecule has 0 aromatic heterocycles. The van der Waals surface area contributed by atoms with Gasteiger partial charge in [-0.2, -0.15) is 0 Å². The van der Waals surface area contributed by atoms with Crippen LogP contribution in [0.4, 0.5) is 5.69 Å². The van der Waals surface area contributed by atoms with Crippen molar-refractivity contribution in [2.75, 3.05) is 11.9 Å². The van der Waals surface area contributed by atoms with E-state index in [1.807, 2.05) is 43.3 Å². The summed E-state index contributed by atoms with van der Waals surface area (Å²) in [7, 11) is 0. The molecule has 5 heteroatoms. The Balaban J connectivity index is 1.58. The summed E-state index contributed by atoms with van der Waals surface area (Å²) in [4.78, 5) is 12.6. The molecular weight excluding hydrogens is 392 g/mol. The van der Waals surface area contributed by atoms with Gasteiger partial charge >= 0.3 is 0 Å². The van der Waals surface area contributed by atoms with Crippen LogP contribution in [0, 0.1) is 6.92 Å². The van der Waals surface area contributed by atoms with Crippen molar-refractivity contribution in [3.63, 3.8) is 0 Å². The number of rotatable bonds is 7. The number of hydrogen-bond donors (Lipinski definition) is 2. The molecule has 0 saturated heterocycles. The maximum absolute atomic E-state index is 12.6. The topological polar surface area (TPSA) is 50.4 Å². The molecule has 0 radical (unpaired) electrons. The summed E-state index contributed by atoms with van der Waals surface area (Å²) in [5.41, 5.74) is 4.89. The van der Waals surface area contributed by atoms with Gasteiger partial charge in [0.05, 0.1) is 6.61 Å². The number of amides is 1. The Hall–Kier alpha value is -3.18. The van der Waals surface area contributed by atoms with E-state index in [0.717, 1.165) is 29.7 Å². The minimum Gasteiger partial charge on any atom is -0.493 e. The molecule has 0 fully saturated rings. The number of ether oxygens (including phenoxy) is 1. The lowest BCUT2D eigenvalue weighted by Gasteiger charge is -2.15.